The van der Waals surface area contributed by atoms with E-state index in [2.05, 4.69) is 4.74 Å². The second-order valence-corrected chi connectivity index (χ2v) is 3.97. The highest BCUT2D eigenvalue weighted by Gasteiger charge is 2.24. The largest absolute Gasteiger partial charge is 0.469 e. The van der Waals surface area contributed by atoms with Crippen LogP contribution in [0.25, 0.3) is 0 Å². The van der Waals surface area contributed by atoms with Gasteiger partial charge in [-0.15, -0.1) is 0 Å². The molecule has 2 unspecified atom stereocenters. The summed E-state index contributed by atoms with van der Waals surface area (Å²) >= 11 is 0. The lowest BCUT2D eigenvalue weighted by Crippen LogP contribution is -2.22. The van der Waals surface area contributed by atoms with Crippen molar-refractivity contribution >= 4 is 11.7 Å². The van der Waals surface area contributed by atoms with Gasteiger partial charge in [0.05, 0.1) is 36.2 Å². The van der Waals surface area contributed by atoms with Crippen molar-refractivity contribution in [2.24, 2.45) is 0 Å². The van der Waals surface area contributed by atoms with Crippen molar-refractivity contribution in [3.05, 3.63) is 39.4 Å². The summed E-state index contributed by atoms with van der Waals surface area (Å²) < 4.78 is 4.34. The number of carbonyl (C=O) groups is 1. The number of hydrogen-bond donors (Lipinski definition) is 2. The first-order chi connectivity index (χ1) is 9.38. The fourth-order valence-electron chi connectivity index (χ4n) is 1.56. The second-order valence-electron chi connectivity index (χ2n) is 3.97. The highest BCUT2D eigenvalue weighted by Crippen LogP contribution is 2.25. The lowest BCUT2D eigenvalue weighted by Gasteiger charge is -2.17. The monoisotopic (exact) mass is 280 g/mol. The number of benzene rings is 1. The molecule has 0 aliphatic carbocycles. The molecule has 0 saturated heterocycles. The summed E-state index contributed by atoms with van der Waals surface area (Å²) in [4.78, 5) is 21.0. The number of rotatable bonds is 5. The zero-order valence-electron chi connectivity index (χ0n) is 10.5. The maximum Gasteiger partial charge on any atom is 0.308 e. The number of methoxy groups -OCH3 is 1. The standard InChI is InChI=1S/C12H12N2O6/c1-20-11(16)5-10(15)12(17)8-2-7(6-13)3-9(4-8)14(18)19/h2-4,10,12,15,17H,5H2,1H3. The number of aliphatic hydroxyl groups is 2. The molecule has 1 rings (SSSR count). The van der Waals surface area contributed by atoms with E-state index in [1.807, 2.05) is 0 Å². The van der Waals surface area contributed by atoms with Crippen molar-refractivity contribution in [3.63, 3.8) is 0 Å². The molecule has 1 aromatic carbocycles. The molecule has 0 heterocycles. The third-order valence-corrected chi connectivity index (χ3v) is 2.59. The number of hydrogen-bond acceptors (Lipinski definition) is 7. The number of nitriles is 1. The molecule has 0 aliphatic rings. The highest BCUT2D eigenvalue weighted by molar-refractivity contribution is 5.69. The van der Waals surface area contributed by atoms with Crippen molar-refractivity contribution < 1.29 is 24.7 Å². The van der Waals surface area contributed by atoms with Crippen LogP contribution >= 0.6 is 0 Å². The normalized spacial score (nSPS) is 13.1. The fourth-order valence-corrected chi connectivity index (χ4v) is 1.56. The van der Waals surface area contributed by atoms with Crippen LogP contribution in [-0.2, 0) is 9.53 Å². The average molecular weight is 280 g/mol. The molecule has 0 amide bonds. The first-order valence-electron chi connectivity index (χ1n) is 5.51. The van der Waals surface area contributed by atoms with E-state index in [0.29, 0.717) is 0 Å². The van der Waals surface area contributed by atoms with E-state index in [-0.39, 0.29) is 16.8 Å². The predicted octanol–water partition coefficient (Wildman–Crippen LogP) is 0.424. The predicted molar refractivity (Wildman–Crippen MR) is 65.4 cm³/mol. The van der Waals surface area contributed by atoms with Crippen LogP contribution < -0.4 is 0 Å². The lowest BCUT2D eigenvalue weighted by molar-refractivity contribution is -0.385. The summed E-state index contributed by atoms with van der Waals surface area (Å²) in [5.74, 6) is -0.734. The minimum atomic E-state index is -1.54. The Morgan fingerprint density at radius 2 is 2.15 bits per heavy atom. The third-order valence-electron chi connectivity index (χ3n) is 2.59. The molecule has 8 nitrogen and oxygen atoms in total. The first kappa shape index (κ1) is 15.6. The van der Waals surface area contributed by atoms with Gasteiger partial charge in [-0.3, -0.25) is 14.9 Å². The van der Waals surface area contributed by atoms with E-state index < -0.39 is 29.5 Å². The van der Waals surface area contributed by atoms with E-state index in [0.717, 1.165) is 19.2 Å². The maximum absolute atomic E-state index is 11.0. The van der Waals surface area contributed by atoms with Crippen LogP contribution in [0.3, 0.4) is 0 Å². The molecule has 106 valence electrons. The van der Waals surface area contributed by atoms with Gasteiger partial charge in [0.2, 0.25) is 0 Å². The Labute approximate surface area is 114 Å². The Bertz CT molecular complexity index is 566. The summed E-state index contributed by atoms with van der Waals surface area (Å²) in [5, 5.41) is 39.0. The zero-order chi connectivity index (χ0) is 15.3. The van der Waals surface area contributed by atoms with Gasteiger partial charge < -0.3 is 14.9 Å². The topological polar surface area (TPSA) is 134 Å². The van der Waals surface area contributed by atoms with Gasteiger partial charge in [-0.1, -0.05) is 0 Å². The second kappa shape index (κ2) is 6.60. The molecule has 0 spiro atoms. The third kappa shape index (κ3) is 3.74. The molecule has 0 aliphatic heterocycles. The molecule has 0 bridgehead atoms. The Hall–Kier alpha value is -2.50. The minimum Gasteiger partial charge on any atom is -0.469 e. The molecule has 0 saturated carbocycles. The number of carbonyl (C=O) groups excluding carboxylic acids is 1. The van der Waals surface area contributed by atoms with Gasteiger partial charge in [-0.2, -0.15) is 5.26 Å². The van der Waals surface area contributed by atoms with Crippen molar-refractivity contribution in [1.82, 2.24) is 0 Å². The molecule has 0 radical (unpaired) electrons. The van der Waals surface area contributed by atoms with E-state index in [4.69, 9.17) is 5.26 Å². The number of non-ortho nitro benzene ring substituents is 1. The summed E-state index contributed by atoms with van der Waals surface area (Å²) in [6, 6.07) is 5.00. The number of aliphatic hydroxyl groups excluding tert-OH is 2. The Morgan fingerprint density at radius 1 is 1.50 bits per heavy atom. The van der Waals surface area contributed by atoms with Crippen LogP contribution in [0.1, 0.15) is 23.7 Å². The minimum absolute atomic E-state index is 0.0212. The first-order valence-corrected chi connectivity index (χ1v) is 5.51. The molecule has 2 atom stereocenters. The molecule has 0 aromatic heterocycles. The number of ether oxygens (including phenoxy) is 1. The number of esters is 1. The van der Waals surface area contributed by atoms with Gasteiger partial charge in [-0.25, -0.2) is 0 Å². The molecular formula is C12H12N2O6. The zero-order valence-corrected chi connectivity index (χ0v) is 10.5. The van der Waals surface area contributed by atoms with Crippen LogP contribution in [-0.4, -0.2) is 34.3 Å². The van der Waals surface area contributed by atoms with Crippen LogP contribution in [0.5, 0.6) is 0 Å². The van der Waals surface area contributed by atoms with Crippen LogP contribution in [0.2, 0.25) is 0 Å². The van der Waals surface area contributed by atoms with Crippen LogP contribution in [0, 0.1) is 21.4 Å². The highest BCUT2D eigenvalue weighted by atomic mass is 16.6. The summed E-state index contributed by atoms with van der Waals surface area (Å²) in [6.45, 7) is 0. The Kier molecular flexibility index (Phi) is 5.14. The average Bonchev–Trinajstić information content (AvgIpc) is 2.45. The maximum atomic E-state index is 11.0. The van der Waals surface area contributed by atoms with Gasteiger partial charge >= 0.3 is 5.97 Å². The van der Waals surface area contributed by atoms with Crippen molar-refractivity contribution in [2.45, 2.75) is 18.6 Å². The smallest absolute Gasteiger partial charge is 0.308 e. The van der Waals surface area contributed by atoms with Crippen LogP contribution in [0.4, 0.5) is 5.69 Å². The fraction of sp³-hybridized carbons (Fsp3) is 0.333. The lowest BCUT2D eigenvalue weighted by atomic mass is 9.99. The van der Waals surface area contributed by atoms with Gasteiger partial charge in [0.15, 0.2) is 0 Å². The van der Waals surface area contributed by atoms with Crippen molar-refractivity contribution in [2.75, 3.05) is 7.11 Å². The molecular weight excluding hydrogens is 268 g/mol. The number of nitro groups is 1. The quantitative estimate of drug-likeness (QED) is 0.453. The van der Waals surface area contributed by atoms with Crippen molar-refractivity contribution in [3.8, 4) is 6.07 Å². The molecule has 0 fully saturated rings. The molecule has 8 heteroatoms. The van der Waals surface area contributed by atoms with E-state index in [9.17, 15) is 25.1 Å². The summed E-state index contributed by atoms with van der Waals surface area (Å²) in [5.41, 5.74) is -0.436. The van der Waals surface area contributed by atoms with Gasteiger partial charge in [-0.05, 0) is 11.6 Å². The number of nitrogens with zero attached hydrogens (tertiary/aromatic N) is 2. The SMILES string of the molecule is COC(=O)CC(O)C(O)c1cc(C#N)cc([N+](=O)[O-])c1. The van der Waals surface area contributed by atoms with Crippen molar-refractivity contribution in [1.29, 1.82) is 5.26 Å². The van der Waals surface area contributed by atoms with E-state index >= 15 is 0 Å². The van der Waals surface area contributed by atoms with Gasteiger partial charge in [0.1, 0.15) is 6.10 Å². The molecule has 1 aromatic rings. The molecule has 2 N–H and O–H groups in total. The summed E-state index contributed by atoms with van der Waals surface area (Å²) in [7, 11) is 1.13. The van der Waals surface area contributed by atoms with Gasteiger partial charge in [0.25, 0.3) is 5.69 Å². The number of nitro benzene ring substituents is 1. The Morgan fingerprint density at radius 3 is 2.65 bits per heavy atom. The molecule has 20 heavy (non-hydrogen) atoms. The Balaban J connectivity index is 3.06. The van der Waals surface area contributed by atoms with Gasteiger partial charge in [0, 0.05) is 12.1 Å². The summed E-state index contributed by atoms with van der Waals surface area (Å²) in [6.07, 6.45) is -3.50. The van der Waals surface area contributed by atoms with E-state index in [1.165, 1.54) is 6.07 Å². The van der Waals surface area contributed by atoms with Crippen LogP contribution in [0.15, 0.2) is 18.2 Å². The van der Waals surface area contributed by atoms with E-state index in [1.54, 1.807) is 6.07 Å².